The summed E-state index contributed by atoms with van der Waals surface area (Å²) >= 11 is 3.38. The Balaban J connectivity index is 2.60. The number of aryl methyl sites for hydroxylation is 1. The summed E-state index contributed by atoms with van der Waals surface area (Å²) in [5, 5.41) is 14.1. The zero-order valence-electron chi connectivity index (χ0n) is 11.6. The minimum absolute atomic E-state index is 0.427. The van der Waals surface area contributed by atoms with Gasteiger partial charge in [-0.2, -0.15) is 0 Å². The molecule has 0 spiro atoms. The SMILES string of the molecule is CCCCC(NC(=O)Nc1ccc(C)c(Br)c1)C(=O)O. The minimum atomic E-state index is -1.02. The van der Waals surface area contributed by atoms with E-state index in [2.05, 4.69) is 26.6 Å². The smallest absolute Gasteiger partial charge is 0.326 e. The lowest BCUT2D eigenvalue weighted by Crippen LogP contribution is -2.42. The third-order valence-corrected chi connectivity index (χ3v) is 3.73. The Bertz CT molecular complexity index is 491. The van der Waals surface area contributed by atoms with Crippen molar-refractivity contribution in [3.63, 3.8) is 0 Å². The molecule has 1 aromatic rings. The molecule has 1 rings (SSSR count). The zero-order chi connectivity index (χ0) is 15.1. The third kappa shape index (κ3) is 5.21. The molecule has 0 saturated carbocycles. The summed E-state index contributed by atoms with van der Waals surface area (Å²) < 4.78 is 0.885. The van der Waals surface area contributed by atoms with E-state index >= 15 is 0 Å². The summed E-state index contributed by atoms with van der Waals surface area (Å²) in [5.41, 5.74) is 1.67. The minimum Gasteiger partial charge on any atom is -0.480 e. The normalized spacial score (nSPS) is 11.8. The molecule has 1 atom stereocenters. The number of nitrogens with one attached hydrogen (secondary N) is 2. The number of hydrogen-bond donors (Lipinski definition) is 3. The Morgan fingerprint density at radius 3 is 2.65 bits per heavy atom. The van der Waals surface area contributed by atoms with Crippen molar-refractivity contribution in [1.82, 2.24) is 5.32 Å². The highest BCUT2D eigenvalue weighted by molar-refractivity contribution is 9.10. The fourth-order valence-corrected chi connectivity index (χ4v) is 2.04. The molecule has 0 aliphatic rings. The molecule has 20 heavy (non-hydrogen) atoms. The average Bonchev–Trinajstić information content (AvgIpc) is 2.38. The monoisotopic (exact) mass is 342 g/mol. The fourth-order valence-electron chi connectivity index (χ4n) is 1.66. The first kappa shape index (κ1) is 16.5. The van der Waals surface area contributed by atoms with Gasteiger partial charge in [-0.05, 0) is 31.0 Å². The van der Waals surface area contributed by atoms with Gasteiger partial charge in [0.25, 0.3) is 0 Å². The number of unbranched alkanes of at least 4 members (excludes halogenated alkanes) is 1. The lowest BCUT2D eigenvalue weighted by atomic mass is 10.1. The Labute approximate surface area is 126 Å². The van der Waals surface area contributed by atoms with Crippen molar-refractivity contribution in [3.8, 4) is 0 Å². The van der Waals surface area contributed by atoms with Gasteiger partial charge in [-0.3, -0.25) is 0 Å². The van der Waals surface area contributed by atoms with Crippen LogP contribution in [0.3, 0.4) is 0 Å². The van der Waals surface area contributed by atoms with E-state index < -0.39 is 18.0 Å². The van der Waals surface area contributed by atoms with Gasteiger partial charge in [-0.15, -0.1) is 0 Å². The topological polar surface area (TPSA) is 78.4 Å². The first-order valence-electron chi connectivity index (χ1n) is 6.50. The molecule has 1 unspecified atom stereocenters. The standard InChI is InChI=1S/C14H19BrN2O3/c1-3-4-5-12(13(18)19)17-14(20)16-10-7-6-9(2)11(15)8-10/h6-8,12H,3-5H2,1-2H3,(H,18,19)(H2,16,17,20). The molecule has 0 aliphatic heterocycles. The largest absolute Gasteiger partial charge is 0.480 e. The number of urea groups is 1. The lowest BCUT2D eigenvalue weighted by molar-refractivity contribution is -0.139. The number of amides is 2. The van der Waals surface area contributed by atoms with E-state index in [1.165, 1.54) is 0 Å². The maximum atomic E-state index is 11.8. The maximum Gasteiger partial charge on any atom is 0.326 e. The van der Waals surface area contributed by atoms with Gasteiger partial charge in [0.15, 0.2) is 0 Å². The molecule has 0 radical (unpaired) electrons. The van der Waals surface area contributed by atoms with Crippen LogP contribution in [0.15, 0.2) is 22.7 Å². The quantitative estimate of drug-likeness (QED) is 0.739. The molecule has 6 heteroatoms. The number of carboxylic acid groups (broad SMARTS) is 1. The van der Waals surface area contributed by atoms with Crippen LogP contribution in [0, 0.1) is 6.92 Å². The van der Waals surface area contributed by atoms with Crippen molar-refractivity contribution < 1.29 is 14.7 Å². The van der Waals surface area contributed by atoms with E-state index in [1.807, 2.05) is 19.9 Å². The highest BCUT2D eigenvalue weighted by atomic mass is 79.9. The molecular weight excluding hydrogens is 324 g/mol. The molecule has 0 bridgehead atoms. The van der Waals surface area contributed by atoms with Gasteiger partial charge >= 0.3 is 12.0 Å². The van der Waals surface area contributed by atoms with Crippen molar-refractivity contribution in [1.29, 1.82) is 0 Å². The van der Waals surface area contributed by atoms with Crippen LogP contribution < -0.4 is 10.6 Å². The Morgan fingerprint density at radius 1 is 1.40 bits per heavy atom. The number of hydrogen-bond acceptors (Lipinski definition) is 2. The molecule has 0 heterocycles. The number of carbonyl (C=O) groups excluding carboxylic acids is 1. The molecule has 0 saturated heterocycles. The fraction of sp³-hybridized carbons (Fsp3) is 0.429. The average molecular weight is 343 g/mol. The summed E-state index contributed by atoms with van der Waals surface area (Å²) in [5.74, 6) is -1.02. The van der Waals surface area contributed by atoms with Gasteiger partial charge in [0.05, 0.1) is 0 Å². The van der Waals surface area contributed by atoms with Crippen molar-refractivity contribution in [2.75, 3.05) is 5.32 Å². The number of anilines is 1. The number of rotatable bonds is 6. The molecular formula is C14H19BrN2O3. The number of carbonyl (C=O) groups is 2. The van der Waals surface area contributed by atoms with Crippen LogP contribution >= 0.6 is 15.9 Å². The molecule has 0 aromatic heterocycles. The van der Waals surface area contributed by atoms with Crippen LogP contribution in [0.25, 0.3) is 0 Å². The zero-order valence-corrected chi connectivity index (χ0v) is 13.2. The van der Waals surface area contributed by atoms with E-state index in [9.17, 15) is 9.59 Å². The van der Waals surface area contributed by atoms with Crippen LogP contribution in [-0.4, -0.2) is 23.1 Å². The van der Waals surface area contributed by atoms with Crippen molar-refractivity contribution in [2.45, 2.75) is 39.2 Å². The van der Waals surface area contributed by atoms with E-state index in [4.69, 9.17) is 5.11 Å². The molecule has 110 valence electrons. The van der Waals surface area contributed by atoms with Crippen molar-refractivity contribution in [3.05, 3.63) is 28.2 Å². The van der Waals surface area contributed by atoms with Crippen molar-refractivity contribution >= 4 is 33.6 Å². The van der Waals surface area contributed by atoms with Gasteiger partial charge < -0.3 is 15.7 Å². The van der Waals surface area contributed by atoms with Gasteiger partial charge in [0, 0.05) is 10.2 Å². The second-order valence-corrected chi connectivity index (χ2v) is 5.45. The van der Waals surface area contributed by atoms with Crippen LogP contribution in [0.1, 0.15) is 31.7 Å². The number of halogens is 1. The van der Waals surface area contributed by atoms with Gasteiger partial charge in [-0.25, -0.2) is 9.59 Å². The summed E-state index contributed by atoms with van der Waals surface area (Å²) in [6.45, 7) is 3.92. The molecule has 1 aromatic carbocycles. The van der Waals surface area contributed by atoms with Crippen molar-refractivity contribution in [2.24, 2.45) is 0 Å². The third-order valence-electron chi connectivity index (χ3n) is 2.88. The van der Waals surface area contributed by atoms with E-state index in [-0.39, 0.29) is 0 Å². The van der Waals surface area contributed by atoms with E-state index in [1.54, 1.807) is 12.1 Å². The Kier molecular flexibility index (Phi) is 6.51. The second-order valence-electron chi connectivity index (χ2n) is 4.60. The summed E-state index contributed by atoms with van der Waals surface area (Å²) in [6.07, 6.45) is 2.07. The van der Waals surface area contributed by atoms with Gasteiger partial charge in [0.1, 0.15) is 6.04 Å². The number of aliphatic carboxylic acids is 1. The second kappa shape index (κ2) is 7.89. The lowest BCUT2D eigenvalue weighted by Gasteiger charge is -2.15. The predicted octanol–water partition coefficient (Wildman–Crippen LogP) is 3.52. The highest BCUT2D eigenvalue weighted by Gasteiger charge is 2.19. The van der Waals surface area contributed by atoms with Crippen LogP contribution in [0.4, 0.5) is 10.5 Å². The molecule has 5 nitrogen and oxygen atoms in total. The van der Waals surface area contributed by atoms with E-state index in [0.29, 0.717) is 12.1 Å². The van der Waals surface area contributed by atoms with Gasteiger partial charge in [0.2, 0.25) is 0 Å². The molecule has 0 fully saturated rings. The molecule has 0 aliphatic carbocycles. The summed E-state index contributed by atoms with van der Waals surface area (Å²) in [4.78, 5) is 22.8. The Hall–Kier alpha value is -1.56. The summed E-state index contributed by atoms with van der Waals surface area (Å²) in [7, 11) is 0. The number of carboxylic acids is 1. The van der Waals surface area contributed by atoms with E-state index in [0.717, 1.165) is 22.9 Å². The predicted molar refractivity (Wildman–Crippen MR) is 82.0 cm³/mol. The first-order valence-corrected chi connectivity index (χ1v) is 7.29. The Morgan fingerprint density at radius 2 is 2.10 bits per heavy atom. The van der Waals surface area contributed by atoms with Crippen LogP contribution in [0.5, 0.6) is 0 Å². The molecule has 2 amide bonds. The van der Waals surface area contributed by atoms with Gasteiger partial charge in [-0.1, -0.05) is 41.8 Å². The van der Waals surface area contributed by atoms with Crippen LogP contribution in [-0.2, 0) is 4.79 Å². The highest BCUT2D eigenvalue weighted by Crippen LogP contribution is 2.20. The summed E-state index contributed by atoms with van der Waals surface area (Å²) in [6, 6.07) is 4.04. The maximum absolute atomic E-state index is 11.8. The number of benzene rings is 1. The molecule has 3 N–H and O–H groups in total. The van der Waals surface area contributed by atoms with Crippen LogP contribution in [0.2, 0.25) is 0 Å². The first-order chi connectivity index (χ1) is 9.43.